The Hall–Kier alpha value is -3.99. The van der Waals surface area contributed by atoms with E-state index in [2.05, 4.69) is 10.3 Å². The van der Waals surface area contributed by atoms with E-state index in [1.165, 1.54) is 6.39 Å². The van der Waals surface area contributed by atoms with Gasteiger partial charge < -0.3 is 9.73 Å². The molecule has 136 valence electrons. The fraction of sp³-hybridized carbons (Fsp3) is 0. The van der Waals surface area contributed by atoms with Gasteiger partial charge in [0.15, 0.2) is 17.9 Å². The third kappa shape index (κ3) is 3.59. The smallest absolute Gasteiger partial charge is 0.256 e. The highest BCUT2D eigenvalue weighted by molar-refractivity contribution is 6.17. The van der Waals surface area contributed by atoms with E-state index in [4.69, 9.17) is 4.42 Å². The molecule has 5 nitrogen and oxygen atoms in total. The van der Waals surface area contributed by atoms with Crippen molar-refractivity contribution in [1.82, 2.24) is 4.98 Å². The molecule has 0 saturated carbocycles. The van der Waals surface area contributed by atoms with E-state index in [-0.39, 0.29) is 11.7 Å². The first-order valence-electron chi connectivity index (χ1n) is 8.71. The zero-order valence-corrected chi connectivity index (χ0v) is 14.8. The summed E-state index contributed by atoms with van der Waals surface area (Å²) in [4.78, 5) is 29.5. The maximum atomic E-state index is 12.8. The van der Waals surface area contributed by atoms with Gasteiger partial charge in [-0.15, -0.1) is 0 Å². The number of nitrogens with zero attached hydrogens (tertiary/aromatic N) is 1. The number of amides is 1. The molecule has 0 atom stereocenters. The molecule has 0 aliphatic heterocycles. The molecule has 0 unspecified atom stereocenters. The van der Waals surface area contributed by atoms with Gasteiger partial charge in [-0.1, -0.05) is 48.5 Å². The normalized spacial score (nSPS) is 10.4. The number of benzene rings is 3. The number of carbonyl (C=O) groups is 2. The summed E-state index contributed by atoms with van der Waals surface area (Å²) in [5.74, 6) is 0.121. The van der Waals surface area contributed by atoms with Crippen molar-refractivity contribution in [2.24, 2.45) is 0 Å². The average Bonchev–Trinajstić information content (AvgIpc) is 3.29. The number of hydrogen-bond donors (Lipinski definition) is 1. The molecule has 3 aromatic carbocycles. The first kappa shape index (κ1) is 17.4. The zero-order chi connectivity index (χ0) is 19.3. The van der Waals surface area contributed by atoms with Crippen LogP contribution in [0.5, 0.6) is 0 Å². The van der Waals surface area contributed by atoms with E-state index in [1.807, 2.05) is 18.2 Å². The predicted molar refractivity (Wildman–Crippen MR) is 106 cm³/mol. The molecule has 0 saturated heterocycles. The minimum Gasteiger partial charge on any atom is -0.444 e. The lowest BCUT2D eigenvalue weighted by Gasteiger charge is -2.10. The lowest BCUT2D eigenvalue weighted by molar-refractivity contribution is 0.0996. The SMILES string of the molecule is O=C(Nc1ccc(-c2cnco2)cc1)c1ccccc1C(=O)c1ccccc1. The highest BCUT2D eigenvalue weighted by Crippen LogP contribution is 2.22. The molecule has 28 heavy (non-hydrogen) atoms. The molecule has 4 aromatic rings. The van der Waals surface area contributed by atoms with Crippen molar-refractivity contribution in [3.8, 4) is 11.3 Å². The number of hydrogen-bond acceptors (Lipinski definition) is 4. The van der Waals surface area contributed by atoms with Crippen molar-refractivity contribution < 1.29 is 14.0 Å². The topological polar surface area (TPSA) is 72.2 Å². The van der Waals surface area contributed by atoms with Gasteiger partial charge >= 0.3 is 0 Å². The summed E-state index contributed by atoms with van der Waals surface area (Å²) >= 11 is 0. The maximum Gasteiger partial charge on any atom is 0.256 e. The first-order chi connectivity index (χ1) is 13.7. The molecular formula is C23H16N2O3. The van der Waals surface area contributed by atoms with Crippen LogP contribution in [0, 0.1) is 0 Å². The monoisotopic (exact) mass is 368 g/mol. The molecule has 0 radical (unpaired) electrons. The van der Waals surface area contributed by atoms with Crippen LogP contribution in [0.1, 0.15) is 26.3 Å². The van der Waals surface area contributed by atoms with Crippen LogP contribution in [0.4, 0.5) is 5.69 Å². The van der Waals surface area contributed by atoms with Gasteiger partial charge in [-0.25, -0.2) is 4.98 Å². The molecule has 1 amide bonds. The summed E-state index contributed by atoms with van der Waals surface area (Å²) in [5, 5.41) is 2.84. The van der Waals surface area contributed by atoms with E-state index in [0.29, 0.717) is 28.1 Å². The summed E-state index contributed by atoms with van der Waals surface area (Å²) in [6, 6.07) is 22.9. The number of oxazole rings is 1. The van der Waals surface area contributed by atoms with Crippen LogP contribution in [0.15, 0.2) is 95.9 Å². The van der Waals surface area contributed by atoms with Crippen molar-refractivity contribution in [2.75, 3.05) is 5.32 Å². The first-order valence-corrected chi connectivity index (χ1v) is 8.71. The Morgan fingerprint density at radius 1 is 0.786 bits per heavy atom. The molecule has 1 aromatic heterocycles. The minimum atomic E-state index is -0.340. The lowest BCUT2D eigenvalue weighted by Crippen LogP contribution is -2.16. The molecule has 4 rings (SSSR count). The largest absolute Gasteiger partial charge is 0.444 e. The van der Waals surface area contributed by atoms with Gasteiger partial charge in [0.05, 0.1) is 11.8 Å². The van der Waals surface area contributed by atoms with Gasteiger partial charge in [-0.05, 0) is 30.3 Å². The van der Waals surface area contributed by atoms with Gasteiger partial charge in [0, 0.05) is 22.4 Å². The molecule has 1 N–H and O–H groups in total. The molecule has 0 aliphatic carbocycles. The Morgan fingerprint density at radius 3 is 2.14 bits per heavy atom. The third-order valence-corrected chi connectivity index (χ3v) is 4.31. The number of ketones is 1. The summed E-state index contributed by atoms with van der Waals surface area (Å²) < 4.78 is 5.26. The summed E-state index contributed by atoms with van der Waals surface area (Å²) in [6.45, 7) is 0. The van der Waals surface area contributed by atoms with Crippen LogP contribution in [0.2, 0.25) is 0 Å². The molecular weight excluding hydrogens is 352 g/mol. The number of carbonyl (C=O) groups excluding carboxylic acids is 2. The summed E-state index contributed by atoms with van der Waals surface area (Å²) in [5.41, 5.74) is 2.71. The van der Waals surface area contributed by atoms with Crippen molar-refractivity contribution in [3.05, 3.63) is 108 Å². The van der Waals surface area contributed by atoms with Crippen molar-refractivity contribution in [2.45, 2.75) is 0 Å². The van der Waals surface area contributed by atoms with Crippen LogP contribution in [0.25, 0.3) is 11.3 Å². The van der Waals surface area contributed by atoms with Crippen molar-refractivity contribution in [3.63, 3.8) is 0 Å². The molecule has 0 spiro atoms. The summed E-state index contributed by atoms with van der Waals surface area (Å²) in [7, 11) is 0. The molecule has 0 bridgehead atoms. The van der Waals surface area contributed by atoms with Crippen LogP contribution in [0.3, 0.4) is 0 Å². The van der Waals surface area contributed by atoms with Gasteiger partial charge in [-0.3, -0.25) is 9.59 Å². The molecule has 0 aliphatic rings. The maximum absolute atomic E-state index is 12.8. The average molecular weight is 368 g/mol. The van der Waals surface area contributed by atoms with E-state index in [1.54, 1.807) is 66.9 Å². The Kier molecular flexibility index (Phi) is 4.80. The van der Waals surface area contributed by atoms with E-state index < -0.39 is 0 Å². The number of aromatic nitrogens is 1. The second-order valence-corrected chi connectivity index (χ2v) is 6.14. The van der Waals surface area contributed by atoms with Crippen LogP contribution < -0.4 is 5.32 Å². The van der Waals surface area contributed by atoms with Crippen LogP contribution >= 0.6 is 0 Å². The number of rotatable bonds is 5. The van der Waals surface area contributed by atoms with Gasteiger partial charge in [0.25, 0.3) is 5.91 Å². The van der Waals surface area contributed by atoms with E-state index in [9.17, 15) is 9.59 Å². The Morgan fingerprint density at radius 2 is 1.46 bits per heavy atom. The number of nitrogens with one attached hydrogen (secondary N) is 1. The second-order valence-electron chi connectivity index (χ2n) is 6.14. The fourth-order valence-electron chi connectivity index (χ4n) is 2.90. The third-order valence-electron chi connectivity index (χ3n) is 4.31. The lowest BCUT2D eigenvalue weighted by atomic mass is 9.98. The van der Waals surface area contributed by atoms with Crippen molar-refractivity contribution in [1.29, 1.82) is 0 Å². The van der Waals surface area contributed by atoms with Crippen LogP contribution in [-0.4, -0.2) is 16.7 Å². The Bertz CT molecular complexity index is 1100. The number of anilines is 1. The summed E-state index contributed by atoms with van der Waals surface area (Å²) in [6.07, 6.45) is 2.99. The van der Waals surface area contributed by atoms with Crippen LogP contribution in [-0.2, 0) is 0 Å². The van der Waals surface area contributed by atoms with Gasteiger partial charge in [0.1, 0.15) is 0 Å². The molecule has 1 heterocycles. The Balaban J connectivity index is 1.56. The van der Waals surface area contributed by atoms with E-state index in [0.717, 1.165) is 5.56 Å². The molecule has 5 heteroatoms. The standard InChI is InChI=1S/C23H16N2O3/c26-22(17-6-2-1-3-7-17)19-8-4-5-9-20(19)23(27)25-18-12-10-16(11-13-18)21-14-24-15-28-21/h1-15H,(H,25,27). The second kappa shape index (κ2) is 7.72. The Labute approximate surface area is 161 Å². The minimum absolute atomic E-state index is 0.188. The highest BCUT2D eigenvalue weighted by Gasteiger charge is 2.18. The van der Waals surface area contributed by atoms with Gasteiger partial charge in [-0.2, -0.15) is 0 Å². The predicted octanol–water partition coefficient (Wildman–Crippen LogP) is 4.82. The highest BCUT2D eigenvalue weighted by atomic mass is 16.3. The van der Waals surface area contributed by atoms with E-state index >= 15 is 0 Å². The zero-order valence-electron chi connectivity index (χ0n) is 14.8. The van der Waals surface area contributed by atoms with Crippen molar-refractivity contribution >= 4 is 17.4 Å². The molecule has 0 fully saturated rings. The fourth-order valence-corrected chi connectivity index (χ4v) is 2.90. The van der Waals surface area contributed by atoms with Gasteiger partial charge in [0.2, 0.25) is 0 Å². The quantitative estimate of drug-likeness (QED) is 0.512.